The van der Waals surface area contributed by atoms with Crippen LogP contribution in [0.4, 0.5) is 0 Å². The van der Waals surface area contributed by atoms with Crippen molar-refractivity contribution in [2.24, 2.45) is 5.73 Å². The van der Waals surface area contributed by atoms with Gasteiger partial charge >= 0.3 is 0 Å². The minimum atomic E-state index is -0.474. The molecule has 0 saturated carbocycles. The van der Waals surface area contributed by atoms with E-state index in [-0.39, 0.29) is 6.17 Å². The molecule has 116 valence electrons. The Morgan fingerprint density at radius 1 is 0.652 bits per heavy atom. The summed E-state index contributed by atoms with van der Waals surface area (Å²) in [4.78, 5) is 0. The molecule has 0 amide bonds. The van der Waals surface area contributed by atoms with E-state index in [9.17, 15) is 0 Å². The van der Waals surface area contributed by atoms with Crippen LogP contribution in [0.25, 0.3) is 0 Å². The van der Waals surface area contributed by atoms with E-state index < -0.39 is 5.54 Å². The second-order valence-electron chi connectivity index (χ2n) is 5.78. The zero-order valence-corrected chi connectivity index (χ0v) is 13.3. The summed E-state index contributed by atoms with van der Waals surface area (Å²) in [6, 6.07) is 31.4. The molecule has 3 N–H and O–H groups in total. The molecule has 0 aliphatic heterocycles. The minimum Gasteiger partial charge on any atom is -0.316 e. The molecule has 2 heteroatoms. The molecule has 0 radical (unpaired) electrons. The second-order valence-corrected chi connectivity index (χ2v) is 5.78. The van der Waals surface area contributed by atoms with Crippen molar-refractivity contribution in [2.45, 2.75) is 18.6 Å². The molecule has 1 atom stereocenters. The molecule has 0 heterocycles. The highest BCUT2D eigenvalue weighted by atomic mass is 15.1. The number of hydrogen-bond donors (Lipinski definition) is 2. The fraction of sp³-hybridized carbons (Fsp3) is 0.143. The Morgan fingerprint density at radius 3 is 1.22 bits per heavy atom. The van der Waals surface area contributed by atoms with Crippen molar-refractivity contribution in [3.05, 3.63) is 108 Å². The van der Waals surface area contributed by atoms with Crippen LogP contribution in [0.15, 0.2) is 91.0 Å². The summed E-state index contributed by atoms with van der Waals surface area (Å²) in [5, 5.41) is 3.62. The van der Waals surface area contributed by atoms with Crippen LogP contribution >= 0.6 is 0 Å². The quantitative estimate of drug-likeness (QED) is 0.554. The Bertz CT molecular complexity index is 625. The highest BCUT2D eigenvalue weighted by Crippen LogP contribution is 2.36. The van der Waals surface area contributed by atoms with Crippen molar-refractivity contribution in [3.8, 4) is 0 Å². The molecule has 3 rings (SSSR count). The van der Waals surface area contributed by atoms with Crippen molar-refractivity contribution in [3.63, 3.8) is 0 Å². The van der Waals surface area contributed by atoms with Gasteiger partial charge < -0.3 is 5.73 Å². The molecule has 3 aromatic rings. The zero-order chi connectivity index (χ0) is 16.1. The van der Waals surface area contributed by atoms with Gasteiger partial charge in [-0.25, -0.2) is 0 Å². The third kappa shape index (κ3) is 3.04. The maximum Gasteiger partial charge on any atom is 0.0959 e. The number of benzene rings is 3. The van der Waals surface area contributed by atoms with Crippen LogP contribution in [-0.4, -0.2) is 6.17 Å². The highest BCUT2D eigenvalue weighted by Gasteiger charge is 2.36. The normalized spacial score (nSPS) is 12.8. The van der Waals surface area contributed by atoms with E-state index in [1.807, 2.05) is 25.1 Å². The average Bonchev–Trinajstić information content (AvgIpc) is 2.62. The van der Waals surface area contributed by atoms with Gasteiger partial charge in [0, 0.05) is 0 Å². The van der Waals surface area contributed by atoms with Crippen molar-refractivity contribution in [1.82, 2.24) is 5.32 Å². The van der Waals surface area contributed by atoms with E-state index in [0.29, 0.717) is 0 Å². The Labute approximate surface area is 138 Å². The lowest BCUT2D eigenvalue weighted by Gasteiger charge is -2.38. The maximum absolute atomic E-state index is 6.18. The number of hydrogen-bond acceptors (Lipinski definition) is 2. The average molecular weight is 302 g/mol. The van der Waals surface area contributed by atoms with Crippen LogP contribution in [0.3, 0.4) is 0 Å². The van der Waals surface area contributed by atoms with Crippen LogP contribution in [0.5, 0.6) is 0 Å². The summed E-state index contributed by atoms with van der Waals surface area (Å²) in [5.41, 5.74) is 9.23. The van der Waals surface area contributed by atoms with Gasteiger partial charge in [-0.15, -0.1) is 0 Å². The van der Waals surface area contributed by atoms with Gasteiger partial charge in [-0.2, -0.15) is 0 Å². The largest absolute Gasteiger partial charge is 0.316 e. The van der Waals surface area contributed by atoms with Gasteiger partial charge in [-0.1, -0.05) is 91.0 Å². The predicted octanol–water partition coefficient (Wildman–Crippen LogP) is 3.87. The van der Waals surface area contributed by atoms with Crippen molar-refractivity contribution >= 4 is 0 Å². The molecule has 0 spiro atoms. The van der Waals surface area contributed by atoms with Gasteiger partial charge in [-0.3, -0.25) is 5.32 Å². The monoisotopic (exact) mass is 302 g/mol. The molecule has 2 nitrogen and oxygen atoms in total. The van der Waals surface area contributed by atoms with E-state index in [1.54, 1.807) is 0 Å². The van der Waals surface area contributed by atoms with E-state index in [2.05, 4.69) is 78.1 Å². The molecule has 0 saturated heterocycles. The van der Waals surface area contributed by atoms with E-state index in [0.717, 1.165) is 0 Å². The van der Waals surface area contributed by atoms with Gasteiger partial charge in [0.1, 0.15) is 0 Å². The molecule has 0 bridgehead atoms. The lowest BCUT2D eigenvalue weighted by molar-refractivity contribution is 0.414. The van der Waals surface area contributed by atoms with Crippen LogP contribution in [0.1, 0.15) is 23.6 Å². The van der Waals surface area contributed by atoms with Crippen molar-refractivity contribution < 1.29 is 0 Å². The third-order valence-electron chi connectivity index (χ3n) is 4.06. The van der Waals surface area contributed by atoms with Crippen molar-refractivity contribution in [2.75, 3.05) is 0 Å². The maximum atomic E-state index is 6.18. The van der Waals surface area contributed by atoms with Gasteiger partial charge in [0.15, 0.2) is 0 Å². The molecular formula is C21H22N2. The lowest BCUT2D eigenvalue weighted by atomic mass is 9.77. The molecule has 0 aliphatic carbocycles. The second kappa shape index (κ2) is 6.78. The summed E-state index contributed by atoms with van der Waals surface area (Å²) in [6.45, 7) is 1.98. The molecule has 1 unspecified atom stereocenters. The predicted molar refractivity (Wildman–Crippen MR) is 96.0 cm³/mol. The Hall–Kier alpha value is -2.42. The molecule has 3 aromatic carbocycles. The van der Waals surface area contributed by atoms with E-state index in [4.69, 9.17) is 5.73 Å². The van der Waals surface area contributed by atoms with Crippen molar-refractivity contribution in [1.29, 1.82) is 0 Å². The van der Waals surface area contributed by atoms with Gasteiger partial charge in [0.2, 0.25) is 0 Å². The Balaban J connectivity index is 2.30. The molecule has 0 aromatic heterocycles. The van der Waals surface area contributed by atoms with Crippen LogP contribution < -0.4 is 11.1 Å². The molecule has 23 heavy (non-hydrogen) atoms. The standard InChI is InChI=1S/C21H22N2/c1-17(22)23-21(18-11-5-2-6-12-18,19-13-7-3-8-14-19)20-15-9-4-10-16-20/h2-17,23H,22H2,1H3. The molecule has 0 aliphatic rings. The minimum absolute atomic E-state index is 0.157. The number of rotatable bonds is 5. The lowest BCUT2D eigenvalue weighted by Crippen LogP contribution is -2.51. The summed E-state index contributed by atoms with van der Waals surface area (Å²) >= 11 is 0. The first-order valence-corrected chi connectivity index (χ1v) is 7.93. The van der Waals surface area contributed by atoms with E-state index in [1.165, 1.54) is 16.7 Å². The number of nitrogens with one attached hydrogen (secondary N) is 1. The number of nitrogens with two attached hydrogens (primary N) is 1. The third-order valence-corrected chi connectivity index (χ3v) is 4.06. The van der Waals surface area contributed by atoms with Crippen LogP contribution in [0, 0.1) is 0 Å². The van der Waals surface area contributed by atoms with Crippen LogP contribution in [-0.2, 0) is 5.54 Å². The van der Waals surface area contributed by atoms with E-state index >= 15 is 0 Å². The summed E-state index contributed by atoms with van der Waals surface area (Å²) in [7, 11) is 0. The SMILES string of the molecule is CC(N)NC(c1ccccc1)(c1ccccc1)c1ccccc1. The fourth-order valence-corrected chi connectivity index (χ4v) is 3.16. The molecule has 0 fully saturated rings. The molecular weight excluding hydrogens is 280 g/mol. The van der Waals surface area contributed by atoms with Gasteiger partial charge in [-0.05, 0) is 23.6 Å². The Kier molecular flexibility index (Phi) is 4.56. The summed E-state index contributed by atoms with van der Waals surface area (Å²) < 4.78 is 0. The summed E-state index contributed by atoms with van der Waals surface area (Å²) in [6.07, 6.45) is -0.157. The first-order valence-electron chi connectivity index (χ1n) is 7.93. The topological polar surface area (TPSA) is 38.0 Å². The zero-order valence-electron chi connectivity index (χ0n) is 13.3. The summed E-state index contributed by atoms with van der Waals surface area (Å²) in [5.74, 6) is 0. The van der Waals surface area contributed by atoms with Crippen LogP contribution in [0.2, 0.25) is 0 Å². The highest BCUT2D eigenvalue weighted by molar-refractivity contribution is 5.49. The first kappa shape index (κ1) is 15.5. The fourth-order valence-electron chi connectivity index (χ4n) is 3.16. The van der Waals surface area contributed by atoms with Gasteiger partial charge in [0.05, 0.1) is 11.7 Å². The first-order chi connectivity index (χ1) is 11.2. The Morgan fingerprint density at radius 2 is 0.957 bits per heavy atom. The van der Waals surface area contributed by atoms with Gasteiger partial charge in [0.25, 0.3) is 0 Å². The smallest absolute Gasteiger partial charge is 0.0959 e.